The zero-order chi connectivity index (χ0) is 19.4. The highest BCUT2D eigenvalue weighted by Gasteiger charge is 2.17. The summed E-state index contributed by atoms with van der Waals surface area (Å²) in [5, 5.41) is 4.47. The Labute approximate surface area is 158 Å². The summed E-state index contributed by atoms with van der Waals surface area (Å²) in [6.07, 6.45) is 1.11. The summed E-state index contributed by atoms with van der Waals surface area (Å²) in [6.45, 7) is 0.0960. The zero-order valence-electron chi connectivity index (χ0n) is 14.6. The normalized spacial score (nSPS) is 10.4. The van der Waals surface area contributed by atoms with Crippen molar-refractivity contribution < 1.29 is 14.3 Å². The van der Waals surface area contributed by atoms with Gasteiger partial charge in [0.2, 0.25) is 0 Å². The van der Waals surface area contributed by atoms with Crippen molar-refractivity contribution in [3.05, 3.63) is 73.2 Å². The maximum atomic E-state index is 12.6. The van der Waals surface area contributed by atoms with E-state index in [0.717, 1.165) is 15.6 Å². The number of H-pyrrole nitrogens is 1. The predicted octanol–water partition coefficient (Wildman–Crippen LogP) is 1.92. The number of nitrogens with one attached hydrogen (secondary N) is 2. The Hall–Kier alpha value is -3.33. The van der Waals surface area contributed by atoms with Gasteiger partial charge in [-0.3, -0.25) is 14.2 Å². The van der Waals surface area contributed by atoms with Crippen LogP contribution in [0.4, 0.5) is 5.69 Å². The molecule has 3 aromatic rings. The fourth-order valence-corrected chi connectivity index (χ4v) is 3.16. The summed E-state index contributed by atoms with van der Waals surface area (Å²) in [4.78, 5) is 40.5. The van der Waals surface area contributed by atoms with Crippen molar-refractivity contribution in [2.24, 2.45) is 0 Å². The molecule has 0 saturated heterocycles. The van der Waals surface area contributed by atoms with Gasteiger partial charge in [0.05, 0.1) is 26.5 Å². The van der Waals surface area contributed by atoms with Crippen LogP contribution in [-0.2, 0) is 6.54 Å². The molecule has 0 radical (unpaired) electrons. The van der Waals surface area contributed by atoms with Crippen molar-refractivity contribution in [3.8, 4) is 11.5 Å². The number of carbonyl (C=O) groups excluding carboxylic acids is 1. The molecular weight excluding hydrogens is 370 g/mol. The van der Waals surface area contributed by atoms with Crippen molar-refractivity contribution in [2.45, 2.75) is 6.54 Å². The van der Waals surface area contributed by atoms with Crippen LogP contribution in [0.2, 0.25) is 0 Å². The van der Waals surface area contributed by atoms with Gasteiger partial charge in [-0.1, -0.05) is 6.07 Å². The van der Waals surface area contributed by atoms with E-state index in [1.165, 1.54) is 25.6 Å². The van der Waals surface area contributed by atoms with E-state index < -0.39 is 17.2 Å². The van der Waals surface area contributed by atoms with E-state index >= 15 is 0 Å². The lowest BCUT2D eigenvalue weighted by atomic mass is 10.2. The average molecular weight is 387 g/mol. The molecule has 1 aromatic carbocycles. The molecule has 2 N–H and O–H groups in total. The second-order valence-corrected chi connectivity index (χ2v) is 6.53. The molecule has 9 heteroatoms. The van der Waals surface area contributed by atoms with Crippen molar-refractivity contribution >= 4 is 22.9 Å². The molecule has 0 aliphatic carbocycles. The molecule has 0 unspecified atom stereocenters. The molecule has 0 atom stereocenters. The molecular formula is C18H17N3O5S. The number of hydrogen-bond donors (Lipinski definition) is 2. The van der Waals surface area contributed by atoms with Gasteiger partial charge in [-0.25, -0.2) is 4.79 Å². The van der Waals surface area contributed by atoms with Crippen LogP contribution in [0.3, 0.4) is 0 Å². The number of anilines is 1. The van der Waals surface area contributed by atoms with Crippen LogP contribution >= 0.6 is 11.3 Å². The van der Waals surface area contributed by atoms with Gasteiger partial charge in [-0.15, -0.1) is 11.3 Å². The Balaban J connectivity index is 1.92. The molecule has 8 nitrogen and oxygen atoms in total. The first kappa shape index (κ1) is 18.5. The van der Waals surface area contributed by atoms with Gasteiger partial charge in [0, 0.05) is 17.1 Å². The minimum Gasteiger partial charge on any atom is -0.497 e. The number of thiophene rings is 1. The van der Waals surface area contributed by atoms with Crippen LogP contribution in [0.5, 0.6) is 11.5 Å². The van der Waals surface area contributed by atoms with Gasteiger partial charge in [-0.05, 0) is 23.6 Å². The summed E-state index contributed by atoms with van der Waals surface area (Å²) >= 11 is 1.42. The minimum atomic E-state index is -0.669. The molecule has 0 spiro atoms. The Morgan fingerprint density at radius 1 is 1.22 bits per heavy atom. The van der Waals surface area contributed by atoms with Crippen LogP contribution in [0.15, 0.2) is 51.5 Å². The third-order valence-electron chi connectivity index (χ3n) is 3.86. The Morgan fingerprint density at radius 3 is 2.70 bits per heavy atom. The largest absolute Gasteiger partial charge is 0.497 e. The lowest BCUT2D eigenvalue weighted by Gasteiger charge is -2.12. The number of hydrogen-bond acceptors (Lipinski definition) is 6. The number of nitrogens with zero attached hydrogens (tertiary/aromatic N) is 1. The summed E-state index contributed by atoms with van der Waals surface area (Å²) in [5.74, 6) is 0.290. The summed E-state index contributed by atoms with van der Waals surface area (Å²) in [5.41, 5.74) is -1.05. The number of methoxy groups -OCH3 is 2. The number of aromatic amines is 1. The van der Waals surface area contributed by atoms with E-state index in [4.69, 9.17) is 9.47 Å². The third-order valence-corrected chi connectivity index (χ3v) is 4.72. The van der Waals surface area contributed by atoms with Crippen LogP contribution in [0.25, 0.3) is 0 Å². The summed E-state index contributed by atoms with van der Waals surface area (Å²) in [7, 11) is 2.97. The fourth-order valence-electron chi connectivity index (χ4n) is 2.47. The van der Waals surface area contributed by atoms with Crippen LogP contribution in [0, 0.1) is 0 Å². The Bertz CT molecular complexity index is 1070. The van der Waals surface area contributed by atoms with Crippen molar-refractivity contribution in [1.82, 2.24) is 9.55 Å². The fraction of sp³-hybridized carbons (Fsp3) is 0.167. The van der Waals surface area contributed by atoms with E-state index in [9.17, 15) is 14.4 Å². The van der Waals surface area contributed by atoms with Crippen molar-refractivity contribution in [2.75, 3.05) is 19.5 Å². The first-order chi connectivity index (χ1) is 13.0. The number of rotatable bonds is 6. The summed E-state index contributed by atoms with van der Waals surface area (Å²) < 4.78 is 11.3. The van der Waals surface area contributed by atoms with Crippen LogP contribution in [0.1, 0.15) is 15.2 Å². The second-order valence-electron chi connectivity index (χ2n) is 5.50. The molecule has 0 aliphatic heterocycles. The first-order valence-electron chi connectivity index (χ1n) is 7.91. The molecule has 0 bridgehead atoms. The molecule has 140 valence electrons. The topological polar surface area (TPSA) is 102 Å². The van der Waals surface area contributed by atoms with Crippen molar-refractivity contribution in [3.63, 3.8) is 0 Å². The zero-order valence-corrected chi connectivity index (χ0v) is 15.5. The van der Waals surface area contributed by atoms with E-state index in [1.807, 2.05) is 17.5 Å². The van der Waals surface area contributed by atoms with Gasteiger partial charge in [-0.2, -0.15) is 0 Å². The number of carbonyl (C=O) groups is 1. The van der Waals surface area contributed by atoms with E-state index in [1.54, 1.807) is 18.2 Å². The SMILES string of the molecule is COc1ccc(NC(=O)c2c[nH]c(=O)n(Cc3cccs3)c2=O)c(OC)c1. The molecule has 0 aliphatic rings. The summed E-state index contributed by atoms with van der Waals surface area (Å²) in [6, 6.07) is 8.50. The quantitative estimate of drug-likeness (QED) is 0.673. The maximum Gasteiger partial charge on any atom is 0.328 e. The standard InChI is InChI=1S/C18H17N3O5S/c1-25-11-5-6-14(15(8-11)26-2)20-16(22)13-9-19-18(24)21(17(13)23)10-12-4-3-7-27-12/h3-9H,10H2,1-2H3,(H,19,24)(H,20,22). The Morgan fingerprint density at radius 2 is 2.04 bits per heavy atom. The van der Waals surface area contributed by atoms with E-state index in [2.05, 4.69) is 10.3 Å². The Kier molecular flexibility index (Phi) is 5.41. The highest BCUT2D eigenvalue weighted by atomic mass is 32.1. The highest BCUT2D eigenvalue weighted by molar-refractivity contribution is 7.09. The monoisotopic (exact) mass is 387 g/mol. The number of benzene rings is 1. The molecule has 27 heavy (non-hydrogen) atoms. The lowest BCUT2D eigenvalue weighted by Crippen LogP contribution is -2.39. The smallest absolute Gasteiger partial charge is 0.328 e. The molecule has 1 amide bonds. The van der Waals surface area contributed by atoms with Gasteiger partial charge < -0.3 is 19.8 Å². The van der Waals surface area contributed by atoms with Crippen LogP contribution < -0.4 is 26.0 Å². The minimum absolute atomic E-state index is 0.0960. The first-order valence-corrected chi connectivity index (χ1v) is 8.79. The molecule has 0 saturated carbocycles. The number of amides is 1. The molecule has 2 aromatic heterocycles. The second kappa shape index (κ2) is 7.92. The average Bonchev–Trinajstić information content (AvgIpc) is 3.18. The van der Waals surface area contributed by atoms with Crippen LogP contribution in [-0.4, -0.2) is 29.7 Å². The van der Waals surface area contributed by atoms with Crippen molar-refractivity contribution in [1.29, 1.82) is 0 Å². The lowest BCUT2D eigenvalue weighted by molar-refractivity contribution is 0.102. The molecule has 3 rings (SSSR count). The number of aromatic nitrogens is 2. The van der Waals surface area contributed by atoms with E-state index in [0.29, 0.717) is 17.2 Å². The van der Waals surface area contributed by atoms with Gasteiger partial charge in [0.1, 0.15) is 17.1 Å². The van der Waals surface area contributed by atoms with Gasteiger partial charge >= 0.3 is 5.69 Å². The molecule has 2 heterocycles. The number of ether oxygens (including phenoxy) is 2. The third kappa shape index (κ3) is 3.93. The maximum absolute atomic E-state index is 12.6. The predicted molar refractivity (Wildman–Crippen MR) is 102 cm³/mol. The molecule has 0 fully saturated rings. The van der Waals surface area contributed by atoms with E-state index in [-0.39, 0.29) is 12.1 Å². The highest BCUT2D eigenvalue weighted by Crippen LogP contribution is 2.29. The van der Waals surface area contributed by atoms with Gasteiger partial charge in [0.25, 0.3) is 11.5 Å². The van der Waals surface area contributed by atoms with Gasteiger partial charge in [0.15, 0.2) is 0 Å².